The van der Waals surface area contributed by atoms with Gasteiger partial charge >= 0.3 is 0 Å². The average Bonchev–Trinajstić information content (AvgIpc) is 2.78. The van der Waals surface area contributed by atoms with E-state index in [1.807, 2.05) is 7.05 Å². The molecule has 4 nitrogen and oxygen atoms in total. The van der Waals surface area contributed by atoms with Crippen molar-refractivity contribution in [3.8, 4) is 11.5 Å². The molecule has 0 bridgehead atoms. The van der Waals surface area contributed by atoms with Crippen molar-refractivity contribution >= 4 is 11.6 Å². The SMILES string of the molecule is CNCCc1noc(-c2cccc(Cl)c2F)n1. The molecule has 1 aromatic heterocycles. The Bertz CT molecular complexity index is 515. The zero-order valence-corrected chi connectivity index (χ0v) is 9.96. The van der Waals surface area contributed by atoms with Gasteiger partial charge < -0.3 is 9.84 Å². The number of nitrogens with zero attached hydrogens (tertiary/aromatic N) is 2. The molecule has 1 aromatic carbocycles. The molecular weight excluding hydrogens is 245 g/mol. The molecule has 90 valence electrons. The van der Waals surface area contributed by atoms with E-state index >= 15 is 0 Å². The predicted molar refractivity (Wildman–Crippen MR) is 62.3 cm³/mol. The fourth-order valence-electron chi connectivity index (χ4n) is 1.37. The van der Waals surface area contributed by atoms with Gasteiger partial charge in [-0.25, -0.2) is 4.39 Å². The molecule has 0 aliphatic carbocycles. The Hall–Kier alpha value is -1.46. The number of aromatic nitrogens is 2. The van der Waals surface area contributed by atoms with Gasteiger partial charge in [-0.2, -0.15) is 4.98 Å². The molecule has 17 heavy (non-hydrogen) atoms. The molecule has 0 aliphatic heterocycles. The molecule has 0 fully saturated rings. The van der Waals surface area contributed by atoms with E-state index < -0.39 is 5.82 Å². The smallest absolute Gasteiger partial charge is 0.260 e. The van der Waals surface area contributed by atoms with Crippen molar-refractivity contribution in [1.82, 2.24) is 15.5 Å². The lowest BCUT2D eigenvalue weighted by molar-refractivity contribution is 0.420. The number of hydrogen-bond donors (Lipinski definition) is 1. The summed E-state index contributed by atoms with van der Waals surface area (Å²) in [4.78, 5) is 4.10. The normalized spacial score (nSPS) is 10.8. The lowest BCUT2D eigenvalue weighted by Crippen LogP contribution is -2.11. The summed E-state index contributed by atoms with van der Waals surface area (Å²) in [7, 11) is 1.83. The summed E-state index contributed by atoms with van der Waals surface area (Å²) in [6.45, 7) is 0.733. The summed E-state index contributed by atoms with van der Waals surface area (Å²) in [5.41, 5.74) is 0.223. The molecule has 0 atom stereocenters. The Labute approximate surface area is 103 Å². The van der Waals surface area contributed by atoms with Gasteiger partial charge in [-0.15, -0.1) is 0 Å². The highest BCUT2D eigenvalue weighted by Gasteiger charge is 2.14. The second kappa shape index (κ2) is 5.25. The first-order valence-electron chi connectivity index (χ1n) is 5.14. The molecule has 0 aliphatic rings. The largest absolute Gasteiger partial charge is 0.334 e. The van der Waals surface area contributed by atoms with Crippen molar-refractivity contribution in [2.24, 2.45) is 0 Å². The molecule has 6 heteroatoms. The van der Waals surface area contributed by atoms with Crippen LogP contribution in [-0.4, -0.2) is 23.7 Å². The van der Waals surface area contributed by atoms with Crippen LogP contribution in [0, 0.1) is 5.82 Å². The number of nitrogens with one attached hydrogen (secondary N) is 1. The average molecular weight is 256 g/mol. The summed E-state index contributed by atoms with van der Waals surface area (Å²) in [6, 6.07) is 4.66. The van der Waals surface area contributed by atoms with Crippen LogP contribution in [0.3, 0.4) is 0 Å². The summed E-state index contributed by atoms with van der Waals surface area (Å²) >= 11 is 5.68. The van der Waals surface area contributed by atoms with Gasteiger partial charge in [0.25, 0.3) is 5.89 Å². The molecule has 0 radical (unpaired) electrons. The lowest BCUT2D eigenvalue weighted by atomic mass is 10.2. The Morgan fingerprint density at radius 1 is 1.47 bits per heavy atom. The highest BCUT2D eigenvalue weighted by molar-refractivity contribution is 6.31. The van der Waals surface area contributed by atoms with Gasteiger partial charge in [0.2, 0.25) is 0 Å². The minimum absolute atomic E-state index is 0.0393. The highest BCUT2D eigenvalue weighted by atomic mass is 35.5. The third-order valence-corrected chi connectivity index (χ3v) is 2.54. The maximum atomic E-state index is 13.7. The standard InChI is InChI=1S/C11H11ClFN3O/c1-14-6-5-9-15-11(17-16-9)7-3-2-4-8(12)10(7)13/h2-4,14H,5-6H2,1H3. The van der Waals surface area contributed by atoms with Crippen LogP contribution < -0.4 is 5.32 Å². The van der Waals surface area contributed by atoms with E-state index in [-0.39, 0.29) is 16.5 Å². The van der Waals surface area contributed by atoms with Gasteiger partial charge in [-0.1, -0.05) is 22.8 Å². The Morgan fingerprint density at radius 3 is 3.06 bits per heavy atom. The summed E-state index contributed by atoms with van der Waals surface area (Å²) in [5.74, 6) is 0.141. The van der Waals surface area contributed by atoms with Gasteiger partial charge in [0.15, 0.2) is 11.6 Å². The minimum Gasteiger partial charge on any atom is -0.334 e. The summed E-state index contributed by atoms with van der Waals surface area (Å²) in [6.07, 6.45) is 0.627. The van der Waals surface area contributed by atoms with Crippen LogP contribution in [-0.2, 0) is 6.42 Å². The second-order valence-electron chi connectivity index (χ2n) is 3.47. The van der Waals surface area contributed by atoms with Crippen LogP contribution in [0.1, 0.15) is 5.82 Å². The molecule has 1 heterocycles. The molecule has 2 aromatic rings. The van der Waals surface area contributed by atoms with Gasteiger partial charge in [0, 0.05) is 13.0 Å². The summed E-state index contributed by atoms with van der Waals surface area (Å²) in [5, 5.41) is 6.77. The van der Waals surface area contributed by atoms with Crippen LogP contribution in [0.4, 0.5) is 4.39 Å². The molecule has 0 amide bonds. The van der Waals surface area contributed by atoms with Gasteiger partial charge in [0.1, 0.15) is 0 Å². The minimum atomic E-state index is -0.544. The highest BCUT2D eigenvalue weighted by Crippen LogP contribution is 2.26. The molecule has 1 N–H and O–H groups in total. The van der Waals surface area contributed by atoms with Crippen LogP contribution in [0.25, 0.3) is 11.5 Å². The molecule has 0 spiro atoms. The first-order chi connectivity index (χ1) is 8.22. The van der Waals surface area contributed by atoms with Crippen LogP contribution in [0.15, 0.2) is 22.7 Å². The van der Waals surface area contributed by atoms with E-state index in [0.717, 1.165) is 6.54 Å². The van der Waals surface area contributed by atoms with E-state index in [0.29, 0.717) is 12.2 Å². The van der Waals surface area contributed by atoms with Gasteiger partial charge in [0.05, 0.1) is 10.6 Å². The Kier molecular flexibility index (Phi) is 3.71. The summed E-state index contributed by atoms with van der Waals surface area (Å²) < 4.78 is 18.7. The van der Waals surface area contributed by atoms with Crippen molar-refractivity contribution in [2.45, 2.75) is 6.42 Å². The Balaban J connectivity index is 2.27. The van der Waals surface area contributed by atoms with Crippen molar-refractivity contribution in [1.29, 1.82) is 0 Å². The maximum absolute atomic E-state index is 13.7. The monoisotopic (exact) mass is 255 g/mol. The number of benzene rings is 1. The first-order valence-corrected chi connectivity index (χ1v) is 5.51. The third kappa shape index (κ3) is 2.62. The Morgan fingerprint density at radius 2 is 2.29 bits per heavy atom. The quantitative estimate of drug-likeness (QED) is 0.911. The first kappa shape index (κ1) is 12.0. The van der Waals surface area contributed by atoms with Crippen molar-refractivity contribution < 1.29 is 8.91 Å². The van der Waals surface area contributed by atoms with E-state index in [2.05, 4.69) is 15.5 Å². The zero-order chi connectivity index (χ0) is 12.3. The van der Waals surface area contributed by atoms with Crippen LogP contribution in [0.2, 0.25) is 5.02 Å². The fraction of sp³-hybridized carbons (Fsp3) is 0.273. The van der Waals surface area contributed by atoms with E-state index in [4.69, 9.17) is 16.1 Å². The fourth-order valence-corrected chi connectivity index (χ4v) is 1.55. The molecule has 0 saturated heterocycles. The van der Waals surface area contributed by atoms with E-state index in [1.165, 1.54) is 6.07 Å². The van der Waals surface area contributed by atoms with Gasteiger partial charge in [-0.05, 0) is 19.2 Å². The number of likely N-dealkylation sites (N-methyl/N-ethyl adjacent to an activating group) is 1. The molecule has 2 rings (SSSR count). The lowest BCUT2D eigenvalue weighted by Gasteiger charge is -1.98. The van der Waals surface area contributed by atoms with E-state index in [9.17, 15) is 4.39 Å². The van der Waals surface area contributed by atoms with E-state index in [1.54, 1.807) is 12.1 Å². The van der Waals surface area contributed by atoms with Crippen molar-refractivity contribution in [3.63, 3.8) is 0 Å². The zero-order valence-electron chi connectivity index (χ0n) is 9.20. The van der Waals surface area contributed by atoms with Crippen LogP contribution in [0.5, 0.6) is 0 Å². The maximum Gasteiger partial charge on any atom is 0.260 e. The van der Waals surface area contributed by atoms with Crippen molar-refractivity contribution in [3.05, 3.63) is 34.9 Å². The predicted octanol–water partition coefficient (Wildman–Crippen LogP) is 2.29. The van der Waals surface area contributed by atoms with Gasteiger partial charge in [-0.3, -0.25) is 0 Å². The number of hydrogen-bond acceptors (Lipinski definition) is 4. The van der Waals surface area contributed by atoms with Crippen LogP contribution >= 0.6 is 11.6 Å². The molecular formula is C11H11ClFN3O. The number of halogens is 2. The number of rotatable bonds is 4. The molecule has 0 unspecified atom stereocenters. The molecule has 0 saturated carbocycles. The van der Waals surface area contributed by atoms with Crippen molar-refractivity contribution in [2.75, 3.05) is 13.6 Å². The second-order valence-corrected chi connectivity index (χ2v) is 3.88. The third-order valence-electron chi connectivity index (χ3n) is 2.25. The topological polar surface area (TPSA) is 51.0 Å².